The van der Waals surface area contributed by atoms with Gasteiger partial charge in [-0.3, -0.25) is 0 Å². The summed E-state index contributed by atoms with van der Waals surface area (Å²) in [7, 11) is 0. The van der Waals surface area contributed by atoms with E-state index in [1.807, 2.05) is 13.0 Å². The second kappa shape index (κ2) is 3.71. The summed E-state index contributed by atoms with van der Waals surface area (Å²) in [6.45, 7) is 1.90. The summed E-state index contributed by atoms with van der Waals surface area (Å²) >= 11 is 0. The lowest BCUT2D eigenvalue weighted by Gasteiger charge is -1.99. The number of nitrogens with two attached hydrogens (primary N) is 1. The van der Waals surface area contributed by atoms with Crippen LogP contribution < -0.4 is 5.73 Å². The molecule has 1 rings (SSSR count). The lowest BCUT2D eigenvalue weighted by Crippen LogP contribution is -2.15. The molecule has 0 heterocycles. The fraction of sp³-hybridized carbons (Fsp3) is 0.111. The number of nitrogens with zero attached hydrogens (tertiary/aromatic N) is 1. The van der Waals surface area contributed by atoms with Crippen LogP contribution in [-0.2, 0) is 0 Å². The van der Waals surface area contributed by atoms with E-state index in [-0.39, 0.29) is 5.84 Å². The van der Waals surface area contributed by atoms with E-state index in [1.54, 1.807) is 18.2 Å². The van der Waals surface area contributed by atoms with Gasteiger partial charge in [0.25, 0.3) is 0 Å². The molecule has 3 N–H and O–H groups in total. The largest absolute Gasteiger partial charge is 0.463 e. The minimum Gasteiger partial charge on any atom is -0.463 e. The van der Waals surface area contributed by atoms with E-state index >= 15 is 0 Å². The Bertz CT molecular complexity index is 358. The van der Waals surface area contributed by atoms with Crippen LogP contribution in [0.5, 0.6) is 0 Å². The second-order valence-electron chi connectivity index (χ2n) is 2.65. The van der Waals surface area contributed by atoms with E-state index in [1.165, 1.54) is 0 Å². The highest BCUT2D eigenvalue weighted by molar-refractivity contribution is 6.02. The molecule has 0 aliphatic carbocycles. The van der Waals surface area contributed by atoms with Crippen LogP contribution in [0.3, 0.4) is 0 Å². The van der Waals surface area contributed by atoms with E-state index < -0.39 is 6.09 Å². The molecular weight excluding hydrogens is 168 g/mol. The maximum absolute atomic E-state index is 10.2. The summed E-state index contributed by atoms with van der Waals surface area (Å²) in [5.41, 5.74) is 7.08. The maximum Gasteiger partial charge on any atom is 0.433 e. The second-order valence-corrected chi connectivity index (χ2v) is 2.65. The van der Waals surface area contributed by atoms with E-state index in [0.717, 1.165) is 5.56 Å². The molecule has 13 heavy (non-hydrogen) atoms. The number of carbonyl (C=O) groups is 1. The molecule has 0 bridgehead atoms. The van der Waals surface area contributed by atoms with E-state index in [4.69, 9.17) is 10.8 Å². The molecular formula is C9H10N2O2. The zero-order valence-corrected chi connectivity index (χ0v) is 7.19. The molecule has 0 unspecified atom stereocenters. The van der Waals surface area contributed by atoms with E-state index in [9.17, 15) is 4.79 Å². The first-order valence-corrected chi connectivity index (χ1v) is 3.73. The van der Waals surface area contributed by atoms with Crippen LogP contribution in [0.15, 0.2) is 29.3 Å². The smallest absolute Gasteiger partial charge is 0.433 e. The van der Waals surface area contributed by atoms with Crippen LogP contribution in [0.4, 0.5) is 4.79 Å². The number of amides is 1. The van der Waals surface area contributed by atoms with Crippen molar-refractivity contribution in [1.82, 2.24) is 0 Å². The third kappa shape index (κ3) is 2.59. The Balaban J connectivity index is 3.02. The molecule has 0 saturated heterocycles. The summed E-state index contributed by atoms with van der Waals surface area (Å²) in [5, 5.41) is 8.35. The number of amidine groups is 1. The Morgan fingerprint density at radius 2 is 2.23 bits per heavy atom. The third-order valence-corrected chi connectivity index (χ3v) is 1.53. The number of hydrogen-bond acceptors (Lipinski definition) is 1. The molecule has 0 aromatic heterocycles. The predicted octanol–water partition coefficient (Wildman–Crippen LogP) is 1.38. The van der Waals surface area contributed by atoms with Gasteiger partial charge in [0, 0.05) is 5.56 Å². The van der Waals surface area contributed by atoms with Crippen molar-refractivity contribution >= 4 is 11.9 Å². The van der Waals surface area contributed by atoms with Crippen LogP contribution in [0.1, 0.15) is 11.1 Å². The van der Waals surface area contributed by atoms with Crippen molar-refractivity contribution in [3.05, 3.63) is 35.4 Å². The lowest BCUT2D eigenvalue weighted by atomic mass is 10.1. The van der Waals surface area contributed by atoms with Crippen molar-refractivity contribution in [3.63, 3.8) is 0 Å². The van der Waals surface area contributed by atoms with Crippen LogP contribution in [0.2, 0.25) is 0 Å². The van der Waals surface area contributed by atoms with Gasteiger partial charge in [-0.1, -0.05) is 23.8 Å². The first-order valence-electron chi connectivity index (χ1n) is 3.73. The minimum absolute atomic E-state index is 0.0243. The Morgan fingerprint density at radius 1 is 1.54 bits per heavy atom. The van der Waals surface area contributed by atoms with Gasteiger partial charge in [-0.25, -0.2) is 4.79 Å². The molecule has 68 valence electrons. The van der Waals surface area contributed by atoms with Gasteiger partial charge < -0.3 is 10.8 Å². The SMILES string of the molecule is Cc1cccc(/C(N)=N/C(=O)O)c1. The Labute approximate surface area is 75.7 Å². The summed E-state index contributed by atoms with van der Waals surface area (Å²) in [6.07, 6.45) is -1.28. The quantitative estimate of drug-likeness (QED) is 0.503. The molecule has 1 aromatic rings. The minimum atomic E-state index is -1.28. The van der Waals surface area contributed by atoms with Crippen molar-refractivity contribution in [2.24, 2.45) is 10.7 Å². The molecule has 4 nitrogen and oxygen atoms in total. The van der Waals surface area contributed by atoms with Gasteiger partial charge in [-0.2, -0.15) is 4.99 Å². The van der Waals surface area contributed by atoms with Gasteiger partial charge in [0.15, 0.2) is 0 Å². The number of hydrogen-bond donors (Lipinski definition) is 2. The highest BCUT2D eigenvalue weighted by atomic mass is 16.4. The van der Waals surface area contributed by atoms with Crippen molar-refractivity contribution in [1.29, 1.82) is 0 Å². The normalized spacial score (nSPS) is 11.3. The Morgan fingerprint density at radius 3 is 2.77 bits per heavy atom. The number of aliphatic imine (C=N–C) groups is 1. The van der Waals surface area contributed by atoms with Crippen molar-refractivity contribution in [2.45, 2.75) is 6.92 Å². The Kier molecular flexibility index (Phi) is 2.64. The number of benzene rings is 1. The molecule has 0 fully saturated rings. The highest BCUT2D eigenvalue weighted by Gasteiger charge is 2.00. The molecule has 0 saturated carbocycles. The van der Waals surface area contributed by atoms with Crippen LogP contribution in [0, 0.1) is 6.92 Å². The standard InChI is InChI=1S/C9H10N2O2/c1-6-3-2-4-7(5-6)8(10)11-9(12)13/h2-5H,1H3,(H2,10,11)(H,12,13). The molecule has 0 atom stereocenters. The van der Waals surface area contributed by atoms with Gasteiger partial charge in [-0.05, 0) is 13.0 Å². The lowest BCUT2D eigenvalue weighted by molar-refractivity contribution is 0.205. The van der Waals surface area contributed by atoms with Gasteiger partial charge in [0.2, 0.25) is 0 Å². The summed E-state index contributed by atoms with van der Waals surface area (Å²) in [5.74, 6) is 0.0243. The first-order chi connectivity index (χ1) is 6.09. The van der Waals surface area contributed by atoms with E-state index in [2.05, 4.69) is 4.99 Å². The van der Waals surface area contributed by atoms with Gasteiger partial charge >= 0.3 is 6.09 Å². The Hall–Kier alpha value is -1.84. The number of rotatable bonds is 1. The average Bonchev–Trinajstić information content (AvgIpc) is 2.03. The number of carboxylic acid groups (broad SMARTS) is 1. The topological polar surface area (TPSA) is 75.7 Å². The monoisotopic (exact) mass is 178 g/mol. The fourth-order valence-corrected chi connectivity index (χ4v) is 0.972. The first kappa shape index (κ1) is 9.25. The predicted molar refractivity (Wildman–Crippen MR) is 49.9 cm³/mol. The highest BCUT2D eigenvalue weighted by Crippen LogP contribution is 2.03. The molecule has 4 heteroatoms. The summed E-state index contributed by atoms with van der Waals surface area (Å²) < 4.78 is 0. The van der Waals surface area contributed by atoms with Crippen molar-refractivity contribution in [2.75, 3.05) is 0 Å². The van der Waals surface area contributed by atoms with Crippen molar-refractivity contribution in [3.8, 4) is 0 Å². The fourth-order valence-electron chi connectivity index (χ4n) is 0.972. The average molecular weight is 178 g/mol. The van der Waals surface area contributed by atoms with Gasteiger partial charge in [0.05, 0.1) is 0 Å². The van der Waals surface area contributed by atoms with Gasteiger partial charge in [-0.15, -0.1) is 0 Å². The molecule has 0 aliphatic rings. The van der Waals surface area contributed by atoms with E-state index in [0.29, 0.717) is 5.56 Å². The molecule has 0 radical (unpaired) electrons. The zero-order chi connectivity index (χ0) is 9.84. The van der Waals surface area contributed by atoms with Crippen LogP contribution in [-0.4, -0.2) is 17.0 Å². The molecule has 1 amide bonds. The van der Waals surface area contributed by atoms with Crippen molar-refractivity contribution < 1.29 is 9.90 Å². The zero-order valence-electron chi connectivity index (χ0n) is 7.19. The molecule has 0 aliphatic heterocycles. The van der Waals surface area contributed by atoms with Crippen LogP contribution >= 0.6 is 0 Å². The third-order valence-electron chi connectivity index (χ3n) is 1.53. The summed E-state index contributed by atoms with van der Waals surface area (Å²) in [4.78, 5) is 13.4. The van der Waals surface area contributed by atoms with Gasteiger partial charge in [0.1, 0.15) is 5.84 Å². The number of aryl methyl sites for hydroxylation is 1. The maximum atomic E-state index is 10.2. The molecule has 0 spiro atoms. The molecule has 1 aromatic carbocycles. The summed E-state index contributed by atoms with van der Waals surface area (Å²) in [6, 6.07) is 7.20. The van der Waals surface area contributed by atoms with Crippen LogP contribution in [0.25, 0.3) is 0 Å².